The molecule has 2 aromatic carbocycles. The SMILES string of the molecule is COc1ccc(C2CC(O)c3cc(F)ccc3O2)cc1F. The van der Waals surface area contributed by atoms with Gasteiger partial charge in [-0.05, 0) is 35.9 Å². The van der Waals surface area contributed by atoms with Crippen LogP contribution in [0.3, 0.4) is 0 Å². The molecule has 0 radical (unpaired) electrons. The van der Waals surface area contributed by atoms with Crippen molar-refractivity contribution in [2.24, 2.45) is 0 Å². The number of hydrogen-bond acceptors (Lipinski definition) is 3. The van der Waals surface area contributed by atoms with Crippen LogP contribution in [0.4, 0.5) is 8.78 Å². The van der Waals surface area contributed by atoms with Crippen molar-refractivity contribution in [1.29, 1.82) is 0 Å². The van der Waals surface area contributed by atoms with Gasteiger partial charge in [-0.1, -0.05) is 6.07 Å². The molecular weight excluding hydrogens is 278 g/mol. The van der Waals surface area contributed by atoms with E-state index in [2.05, 4.69) is 0 Å². The first-order valence-electron chi connectivity index (χ1n) is 6.56. The minimum atomic E-state index is -0.848. The van der Waals surface area contributed by atoms with Crippen molar-refractivity contribution in [1.82, 2.24) is 0 Å². The van der Waals surface area contributed by atoms with Crippen molar-refractivity contribution in [3.8, 4) is 11.5 Å². The predicted molar refractivity (Wildman–Crippen MR) is 72.3 cm³/mol. The molecule has 0 bridgehead atoms. The van der Waals surface area contributed by atoms with Gasteiger partial charge in [-0.15, -0.1) is 0 Å². The van der Waals surface area contributed by atoms with E-state index in [1.165, 1.54) is 37.4 Å². The third-order valence-corrected chi connectivity index (χ3v) is 3.59. The van der Waals surface area contributed by atoms with Crippen molar-refractivity contribution < 1.29 is 23.4 Å². The molecule has 0 amide bonds. The van der Waals surface area contributed by atoms with Gasteiger partial charge in [-0.25, -0.2) is 8.78 Å². The van der Waals surface area contributed by atoms with Crippen LogP contribution in [0.5, 0.6) is 11.5 Å². The highest BCUT2D eigenvalue weighted by atomic mass is 19.1. The van der Waals surface area contributed by atoms with E-state index in [0.717, 1.165) is 0 Å². The number of fused-ring (bicyclic) bond motifs is 1. The summed E-state index contributed by atoms with van der Waals surface area (Å²) in [6, 6.07) is 8.52. The molecule has 110 valence electrons. The van der Waals surface area contributed by atoms with Gasteiger partial charge in [0, 0.05) is 12.0 Å². The third kappa shape index (κ3) is 2.56. The predicted octanol–water partition coefficient (Wildman–Crippen LogP) is 3.53. The molecule has 1 aliphatic heterocycles. The minimum Gasteiger partial charge on any atom is -0.494 e. The van der Waals surface area contributed by atoms with E-state index in [4.69, 9.17) is 9.47 Å². The zero-order chi connectivity index (χ0) is 15.0. The molecule has 0 aromatic heterocycles. The molecule has 2 unspecified atom stereocenters. The topological polar surface area (TPSA) is 38.7 Å². The number of aliphatic hydroxyl groups is 1. The molecule has 0 saturated heterocycles. The summed E-state index contributed by atoms with van der Waals surface area (Å²) in [5, 5.41) is 10.1. The lowest BCUT2D eigenvalue weighted by atomic mass is 9.95. The maximum absolute atomic E-state index is 13.8. The summed E-state index contributed by atoms with van der Waals surface area (Å²) >= 11 is 0. The normalized spacial score (nSPS) is 20.6. The second-order valence-corrected chi connectivity index (χ2v) is 4.93. The first-order chi connectivity index (χ1) is 10.1. The maximum Gasteiger partial charge on any atom is 0.165 e. The highest BCUT2D eigenvalue weighted by molar-refractivity contribution is 5.39. The van der Waals surface area contributed by atoms with E-state index in [9.17, 15) is 13.9 Å². The maximum atomic E-state index is 13.8. The molecule has 0 fully saturated rings. The molecule has 21 heavy (non-hydrogen) atoms. The summed E-state index contributed by atoms with van der Waals surface area (Å²) in [6.45, 7) is 0. The van der Waals surface area contributed by atoms with Crippen molar-refractivity contribution in [2.45, 2.75) is 18.6 Å². The van der Waals surface area contributed by atoms with Crippen LogP contribution in [-0.4, -0.2) is 12.2 Å². The molecule has 1 heterocycles. The van der Waals surface area contributed by atoms with Crippen LogP contribution in [0, 0.1) is 11.6 Å². The average Bonchev–Trinajstić information content (AvgIpc) is 2.47. The van der Waals surface area contributed by atoms with Crippen LogP contribution < -0.4 is 9.47 Å². The number of halogens is 2. The van der Waals surface area contributed by atoms with Gasteiger partial charge in [-0.3, -0.25) is 0 Å². The van der Waals surface area contributed by atoms with Crippen LogP contribution in [-0.2, 0) is 0 Å². The lowest BCUT2D eigenvalue weighted by Gasteiger charge is -2.30. The quantitative estimate of drug-likeness (QED) is 0.920. The van der Waals surface area contributed by atoms with Crippen molar-refractivity contribution in [2.75, 3.05) is 7.11 Å². The molecule has 3 nitrogen and oxygen atoms in total. The second-order valence-electron chi connectivity index (χ2n) is 4.93. The monoisotopic (exact) mass is 292 g/mol. The van der Waals surface area contributed by atoms with Gasteiger partial charge in [0.05, 0.1) is 13.2 Å². The van der Waals surface area contributed by atoms with Gasteiger partial charge >= 0.3 is 0 Å². The molecule has 3 rings (SSSR count). The molecule has 2 atom stereocenters. The Balaban J connectivity index is 1.92. The zero-order valence-electron chi connectivity index (χ0n) is 11.3. The van der Waals surface area contributed by atoms with E-state index in [1.807, 2.05) is 0 Å². The van der Waals surface area contributed by atoms with Gasteiger partial charge < -0.3 is 14.6 Å². The van der Waals surface area contributed by atoms with Crippen LogP contribution in [0.25, 0.3) is 0 Å². The minimum absolute atomic E-state index is 0.151. The Kier molecular flexibility index (Phi) is 3.51. The van der Waals surface area contributed by atoms with Crippen LogP contribution in [0.2, 0.25) is 0 Å². The Bertz CT molecular complexity index is 673. The molecule has 1 aliphatic rings. The summed E-state index contributed by atoms with van der Waals surface area (Å²) < 4.78 is 37.6. The highest BCUT2D eigenvalue weighted by Gasteiger charge is 2.28. The largest absolute Gasteiger partial charge is 0.494 e. The third-order valence-electron chi connectivity index (χ3n) is 3.59. The van der Waals surface area contributed by atoms with E-state index in [0.29, 0.717) is 16.9 Å². The van der Waals surface area contributed by atoms with Crippen molar-refractivity contribution in [3.05, 3.63) is 59.2 Å². The Labute approximate surface area is 120 Å². The molecule has 1 N–H and O–H groups in total. The molecule has 0 saturated carbocycles. The fourth-order valence-corrected chi connectivity index (χ4v) is 2.51. The van der Waals surface area contributed by atoms with Crippen molar-refractivity contribution >= 4 is 0 Å². The van der Waals surface area contributed by atoms with E-state index >= 15 is 0 Å². The Morgan fingerprint density at radius 2 is 2.00 bits per heavy atom. The standard InChI is InChI=1S/C16H14F2O3/c1-20-15-4-2-9(6-12(15)18)16-8-13(19)11-7-10(17)3-5-14(11)21-16/h2-7,13,16,19H,8H2,1H3. The number of aliphatic hydroxyl groups excluding tert-OH is 1. The molecule has 0 spiro atoms. The Hall–Kier alpha value is -2.14. The molecule has 0 aliphatic carbocycles. The first kappa shape index (κ1) is 13.8. The van der Waals surface area contributed by atoms with Crippen LogP contribution in [0.15, 0.2) is 36.4 Å². The Morgan fingerprint density at radius 3 is 2.71 bits per heavy atom. The lowest BCUT2D eigenvalue weighted by Crippen LogP contribution is -2.19. The fourth-order valence-electron chi connectivity index (χ4n) is 2.51. The molecular formula is C16H14F2O3. The fraction of sp³-hybridized carbons (Fsp3) is 0.250. The summed E-state index contributed by atoms with van der Waals surface area (Å²) in [5.41, 5.74) is 1.02. The molecule has 2 aromatic rings. The van der Waals surface area contributed by atoms with Crippen LogP contribution in [0.1, 0.15) is 29.8 Å². The van der Waals surface area contributed by atoms with E-state index in [-0.39, 0.29) is 12.2 Å². The Morgan fingerprint density at radius 1 is 1.19 bits per heavy atom. The zero-order valence-corrected chi connectivity index (χ0v) is 11.3. The second kappa shape index (κ2) is 5.33. The summed E-state index contributed by atoms with van der Waals surface area (Å²) in [4.78, 5) is 0. The number of hydrogen-bond donors (Lipinski definition) is 1. The van der Waals surface area contributed by atoms with Gasteiger partial charge in [0.1, 0.15) is 17.7 Å². The number of rotatable bonds is 2. The van der Waals surface area contributed by atoms with E-state index < -0.39 is 23.8 Å². The summed E-state index contributed by atoms with van der Waals surface area (Å²) in [5.74, 6) is -0.350. The molecule has 5 heteroatoms. The van der Waals surface area contributed by atoms with Gasteiger partial charge in [0.15, 0.2) is 11.6 Å². The number of ether oxygens (including phenoxy) is 2. The van der Waals surface area contributed by atoms with E-state index in [1.54, 1.807) is 6.07 Å². The smallest absolute Gasteiger partial charge is 0.165 e. The van der Waals surface area contributed by atoms with Crippen LogP contribution >= 0.6 is 0 Å². The number of methoxy groups -OCH3 is 1. The first-order valence-corrected chi connectivity index (χ1v) is 6.56. The summed E-state index contributed by atoms with van der Waals surface area (Å²) in [7, 11) is 1.39. The van der Waals surface area contributed by atoms with Gasteiger partial charge in [0.2, 0.25) is 0 Å². The van der Waals surface area contributed by atoms with Crippen molar-refractivity contribution in [3.63, 3.8) is 0 Å². The lowest BCUT2D eigenvalue weighted by molar-refractivity contribution is 0.0651. The highest BCUT2D eigenvalue weighted by Crippen LogP contribution is 2.41. The number of benzene rings is 2. The van der Waals surface area contributed by atoms with Gasteiger partial charge in [-0.2, -0.15) is 0 Å². The average molecular weight is 292 g/mol. The van der Waals surface area contributed by atoms with Gasteiger partial charge in [0.25, 0.3) is 0 Å². The summed E-state index contributed by atoms with van der Waals surface area (Å²) in [6.07, 6.45) is -1.10.